The molecule has 148 valence electrons. The maximum atomic E-state index is 12.4. The van der Waals surface area contributed by atoms with Crippen LogP contribution in [0.15, 0.2) is 48.5 Å². The van der Waals surface area contributed by atoms with Gasteiger partial charge in [0.2, 0.25) is 0 Å². The fraction of sp³-hybridized carbons (Fsp3) is 0.333. The SMILES string of the molecule is CCNC(=O)c1cccc(NC(=O)C[NH+]2CCN(c3ccccc3Cl)CC2)c1. The molecule has 7 heteroatoms. The van der Waals surface area contributed by atoms with Crippen LogP contribution in [0.1, 0.15) is 17.3 Å². The number of rotatable bonds is 6. The number of para-hydroxylation sites is 1. The maximum absolute atomic E-state index is 12.4. The molecule has 1 aliphatic heterocycles. The van der Waals surface area contributed by atoms with Crippen molar-refractivity contribution in [1.82, 2.24) is 5.32 Å². The van der Waals surface area contributed by atoms with Crippen LogP contribution in [0.2, 0.25) is 5.02 Å². The smallest absolute Gasteiger partial charge is 0.279 e. The summed E-state index contributed by atoms with van der Waals surface area (Å²) in [6.45, 7) is 6.31. The number of anilines is 2. The van der Waals surface area contributed by atoms with Gasteiger partial charge in [0.05, 0.1) is 36.9 Å². The van der Waals surface area contributed by atoms with E-state index in [1.807, 2.05) is 31.2 Å². The van der Waals surface area contributed by atoms with Crippen LogP contribution in [0.5, 0.6) is 0 Å². The Kier molecular flexibility index (Phi) is 6.90. The predicted octanol–water partition coefficient (Wildman–Crippen LogP) is 1.43. The van der Waals surface area contributed by atoms with Crippen LogP contribution in [0.25, 0.3) is 0 Å². The van der Waals surface area contributed by atoms with Gasteiger partial charge in [0, 0.05) is 17.8 Å². The van der Waals surface area contributed by atoms with Crippen LogP contribution in [-0.2, 0) is 4.79 Å². The number of carbonyl (C=O) groups is 2. The van der Waals surface area contributed by atoms with E-state index in [-0.39, 0.29) is 11.8 Å². The van der Waals surface area contributed by atoms with Crippen LogP contribution >= 0.6 is 11.6 Å². The van der Waals surface area contributed by atoms with Crippen LogP contribution in [-0.4, -0.2) is 51.1 Å². The quantitative estimate of drug-likeness (QED) is 0.686. The summed E-state index contributed by atoms with van der Waals surface area (Å²) in [6.07, 6.45) is 0. The van der Waals surface area contributed by atoms with E-state index in [9.17, 15) is 9.59 Å². The third kappa shape index (κ3) is 5.24. The van der Waals surface area contributed by atoms with Crippen molar-refractivity contribution in [1.29, 1.82) is 0 Å². The highest BCUT2D eigenvalue weighted by Gasteiger charge is 2.23. The first-order chi connectivity index (χ1) is 13.6. The van der Waals surface area contributed by atoms with Crippen LogP contribution in [0.3, 0.4) is 0 Å². The number of halogens is 1. The summed E-state index contributed by atoms with van der Waals surface area (Å²) in [5, 5.41) is 6.42. The summed E-state index contributed by atoms with van der Waals surface area (Å²) < 4.78 is 0. The van der Waals surface area contributed by atoms with Gasteiger partial charge < -0.3 is 20.4 Å². The summed E-state index contributed by atoms with van der Waals surface area (Å²) in [4.78, 5) is 27.9. The van der Waals surface area contributed by atoms with Gasteiger partial charge >= 0.3 is 0 Å². The minimum absolute atomic E-state index is 0.0470. The van der Waals surface area contributed by atoms with Gasteiger partial charge in [-0.1, -0.05) is 29.8 Å². The number of benzene rings is 2. The van der Waals surface area contributed by atoms with E-state index < -0.39 is 0 Å². The Balaban J connectivity index is 1.50. The number of hydrogen-bond acceptors (Lipinski definition) is 3. The molecular formula is C21H26ClN4O2+. The molecular weight excluding hydrogens is 376 g/mol. The molecule has 3 rings (SSSR count). The van der Waals surface area contributed by atoms with Crippen molar-refractivity contribution in [2.75, 3.05) is 49.5 Å². The van der Waals surface area contributed by atoms with Gasteiger partial charge in [0.1, 0.15) is 0 Å². The Morgan fingerprint density at radius 3 is 2.57 bits per heavy atom. The second kappa shape index (κ2) is 9.57. The van der Waals surface area contributed by atoms with Gasteiger partial charge in [-0.15, -0.1) is 0 Å². The van der Waals surface area contributed by atoms with Crippen LogP contribution in [0.4, 0.5) is 11.4 Å². The Morgan fingerprint density at radius 1 is 1.11 bits per heavy atom. The third-order valence-electron chi connectivity index (χ3n) is 4.82. The highest BCUT2D eigenvalue weighted by molar-refractivity contribution is 6.33. The first kappa shape index (κ1) is 20.2. The summed E-state index contributed by atoms with van der Waals surface area (Å²) in [5.41, 5.74) is 2.23. The summed E-state index contributed by atoms with van der Waals surface area (Å²) in [7, 11) is 0. The third-order valence-corrected chi connectivity index (χ3v) is 5.14. The minimum Gasteiger partial charge on any atom is -0.359 e. The molecule has 6 nitrogen and oxygen atoms in total. The standard InChI is InChI=1S/C21H25ClN4O2/c1-2-23-21(28)16-6-5-7-17(14-16)24-20(27)15-25-10-12-26(13-11-25)19-9-4-3-8-18(19)22/h3-9,14H,2,10-13,15H2,1H3,(H,23,28)(H,24,27)/p+1. The zero-order valence-corrected chi connectivity index (χ0v) is 16.8. The first-order valence-corrected chi connectivity index (χ1v) is 9.95. The normalized spacial score (nSPS) is 14.6. The van der Waals surface area contributed by atoms with Crippen molar-refractivity contribution in [2.24, 2.45) is 0 Å². The van der Waals surface area contributed by atoms with Gasteiger partial charge in [-0.2, -0.15) is 0 Å². The fourth-order valence-corrected chi connectivity index (χ4v) is 3.64. The topological polar surface area (TPSA) is 65.9 Å². The van der Waals surface area contributed by atoms with Gasteiger partial charge in [0.25, 0.3) is 11.8 Å². The molecule has 1 heterocycles. The average molecular weight is 402 g/mol. The van der Waals surface area contributed by atoms with Crippen molar-refractivity contribution in [3.8, 4) is 0 Å². The average Bonchev–Trinajstić information content (AvgIpc) is 2.69. The molecule has 1 saturated heterocycles. The first-order valence-electron chi connectivity index (χ1n) is 9.58. The van der Waals surface area contributed by atoms with E-state index in [4.69, 9.17) is 11.6 Å². The van der Waals surface area contributed by atoms with Gasteiger partial charge in [-0.25, -0.2) is 0 Å². The molecule has 28 heavy (non-hydrogen) atoms. The lowest BCUT2D eigenvalue weighted by atomic mass is 10.2. The summed E-state index contributed by atoms with van der Waals surface area (Å²) >= 11 is 6.28. The lowest BCUT2D eigenvalue weighted by molar-refractivity contribution is -0.892. The van der Waals surface area contributed by atoms with Gasteiger partial charge in [-0.05, 0) is 37.3 Å². The molecule has 2 aromatic carbocycles. The molecule has 0 aliphatic carbocycles. The van der Waals surface area contributed by atoms with E-state index in [2.05, 4.69) is 15.5 Å². The molecule has 0 unspecified atom stereocenters. The Hall–Kier alpha value is -2.57. The molecule has 0 bridgehead atoms. The number of quaternary nitrogens is 1. The Morgan fingerprint density at radius 2 is 1.86 bits per heavy atom. The zero-order chi connectivity index (χ0) is 19.9. The van der Waals surface area contributed by atoms with E-state index in [1.165, 1.54) is 4.90 Å². The van der Waals surface area contributed by atoms with E-state index in [0.717, 1.165) is 36.9 Å². The lowest BCUT2D eigenvalue weighted by Gasteiger charge is -2.33. The number of hydrogen-bond donors (Lipinski definition) is 3. The second-order valence-electron chi connectivity index (χ2n) is 6.85. The molecule has 1 fully saturated rings. The largest absolute Gasteiger partial charge is 0.359 e. The Labute approximate surface area is 170 Å². The molecule has 3 N–H and O–H groups in total. The molecule has 0 spiro atoms. The second-order valence-corrected chi connectivity index (χ2v) is 7.26. The number of carbonyl (C=O) groups excluding carboxylic acids is 2. The monoisotopic (exact) mass is 401 g/mol. The van der Waals surface area contributed by atoms with Crippen molar-refractivity contribution in [3.63, 3.8) is 0 Å². The van der Waals surface area contributed by atoms with Crippen LogP contribution in [0, 0.1) is 0 Å². The molecule has 0 radical (unpaired) electrons. The zero-order valence-electron chi connectivity index (χ0n) is 16.0. The predicted molar refractivity (Wildman–Crippen MR) is 112 cm³/mol. The highest BCUT2D eigenvalue weighted by Crippen LogP contribution is 2.24. The molecule has 0 aromatic heterocycles. The van der Waals surface area contributed by atoms with Crippen molar-refractivity contribution < 1.29 is 14.5 Å². The van der Waals surface area contributed by atoms with Crippen molar-refractivity contribution in [2.45, 2.75) is 6.92 Å². The number of piperazine rings is 1. The van der Waals surface area contributed by atoms with E-state index in [0.29, 0.717) is 24.3 Å². The highest BCUT2D eigenvalue weighted by atomic mass is 35.5. The summed E-state index contributed by atoms with van der Waals surface area (Å²) in [6, 6.07) is 14.9. The molecule has 0 saturated carbocycles. The van der Waals surface area contributed by atoms with E-state index in [1.54, 1.807) is 24.3 Å². The molecule has 2 amide bonds. The van der Waals surface area contributed by atoms with Crippen molar-refractivity contribution >= 4 is 34.8 Å². The maximum Gasteiger partial charge on any atom is 0.279 e. The minimum atomic E-state index is -0.139. The number of nitrogens with one attached hydrogen (secondary N) is 3. The van der Waals surface area contributed by atoms with Crippen LogP contribution < -0.4 is 20.4 Å². The van der Waals surface area contributed by atoms with E-state index >= 15 is 0 Å². The Bertz CT molecular complexity index is 835. The molecule has 2 aromatic rings. The number of amides is 2. The number of nitrogens with zero attached hydrogens (tertiary/aromatic N) is 1. The summed E-state index contributed by atoms with van der Waals surface area (Å²) in [5.74, 6) is -0.186. The molecule has 1 aliphatic rings. The van der Waals surface area contributed by atoms with Gasteiger partial charge in [0.15, 0.2) is 6.54 Å². The van der Waals surface area contributed by atoms with Crippen molar-refractivity contribution in [3.05, 3.63) is 59.1 Å². The van der Waals surface area contributed by atoms with Gasteiger partial charge in [-0.3, -0.25) is 9.59 Å². The fourth-order valence-electron chi connectivity index (χ4n) is 3.38. The lowest BCUT2D eigenvalue weighted by Crippen LogP contribution is -3.15. The molecule has 0 atom stereocenters.